The summed E-state index contributed by atoms with van der Waals surface area (Å²) in [5, 5.41) is 35.7. The van der Waals surface area contributed by atoms with Crippen molar-refractivity contribution in [3.8, 4) is 6.07 Å². The van der Waals surface area contributed by atoms with E-state index in [1.807, 2.05) is 19.9 Å². The van der Waals surface area contributed by atoms with Gasteiger partial charge in [0.15, 0.2) is 0 Å². The van der Waals surface area contributed by atoms with E-state index >= 15 is 0 Å². The zero-order valence-corrected chi connectivity index (χ0v) is 18.7. The van der Waals surface area contributed by atoms with E-state index in [1.54, 1.807) is 18.3 Å². The summed E-state index contributed by atoms with van der Waals surface area (Å²) in [6, 6.07) is 7.49. The topological polar surface area (TPSA) is 143 Å². The molecule has 3 rings (SSSR count). The molecule has 0 bridgehead atoms. The molecule has 1 aliphatic heterocycles. The third-order valence-corrected chi connectivity index (χ3v) is 5.59. The van der Waals surface area contributed by atoms with Gasteiger partial charge < -0.3 is 31.2 Å². The normalized spacial score (nSPS) is 13.8. The maximum atomic E-state index is 11.8. The molecule has 9 heteroatoms. The number of pyridine rings is 1. The standard InChI is InChI=1S/C24H28N6O3/c1-15-7-23(30-12-18(15)9-26)29-11-17(8-25)10-27-13-22(28-5-6-31)19-3-4-20-21(16(19)2)14-33-24(20)32/h3-4,7-8,11-12,22,25,27-28,31H,5-6,10,13-14H2,1-2H3,(H,29,30)/b17-11+,25-8?/t22-/m0/s1. The summed E-state index contributed by atoms with van der Waals surface area (Å²) in [6.07, 6.45) is 4.48. The van der Waals surface area contributed by atoms with Crippen molar-refractivity contribution >= 4 is 18.0 Å². The van der Waals surface area contributed by atoms with Gasteiger partial charge in [-0.3, -0.25) is 0 Å². The first kappa shape index (κ1) is 24.1. The fraction of sp³-hybridized carbons (Fsp3) is 0.333. The van der Waals surface area contributed by atoms with Gasteiger partial charge in [0.25, 0.3) is 0 Å². The molecule has 5 N–H and O–H groups in total. The van der Waals surface area contributed by atoms with Crippen molar-refractivity contribution in [3.63, 3.8) is 0 Å². The number of rotatable bonds is 11. The molecule has 1 aliphatic rings. The van der Waals surface area contributed by atoms with E-state index in [0.29, 0.717) is 42.2 Å². The van der Waals surface area contributed by atoms with E-state index < -0.39 is 0 Å². The van der Waals surface area contributed by atoms with E-state index in [1.165, 1.54) is 12.4 Å². The number of carbonyl (C=O) groups is 1. The van der Waals surface area contributed by atoms with E-state index in [2.05, 4.69) is 27.0 Å². The van der Waals surface area contributed by atoms with Gasteiger partial charge in [-0.1, -0.05) is 6.07 Å². The van der Waals surface area contributed by atoms with Crippen molar-refractivity contribution in [3.05, 3.63) is 69.5 Å². The van der Waals surface area contributed by atoms with E-state index in [4.69, 9.17) is 15.4 Å². The van der Waals surface area contributed by atoms with Gasteiger partial charge in [0.1, 0.15) is 18.5 Å². The van der Waals surface area contributed by atoms with E-state index in [0.717, 1.165) is 22.3 Å². The number of ether oxygens (including phenoxy) is 1. The zero-order chi connectivity index (χ0) is 23.8. The van der Waals surface area contributed by atoms with Gasteiger partial charge in [0.05, 0.1) is 17.7 Å². The molecule has 0 radical (unpaired) electrons. The number of aromatic nitrogens is 1. The van der Waals surface area contributed by atoms with Crippen LogP contribution in [0, 0.1) is 30.6 Å². The Kier molecular flexibility index (Phi) is 8.27. The minimum atomic E-state index is -0.294. The number of aliphatic hydroxyl groups is 1. The minimum absolute atomic E-state index is 0.00860. The van der Waals surface area contributed by atoms with Crippen LogP contribution in [0.25, 0.3) is 0 Å². The highest BCUT2D eigenvalue weighted by molar-refractivity contribution is 5.94. The Morgan fingerprint density at radius 2 is 2.24 bits per heavy atom. The first-order valence-corrected chi connectivity index (χ1v) is 10.7. The fourth-order valence-electron chi connectivity index (χ4n) is 3.70. The number of aryl methyl sites for hydroxylation is 1. The number of hydrogen-bond acceptors (Lipinski definition) is 9. The molecular weight excluding hydrogens is 420 g/mol. The molecule has 0 fully saturated rings. The maximum absolute atomic E-state index is 11.8. The zero-order valence-electron chi connectivity index (χ0n) is 18.7. The number of aliphatic hydroxyl groups excluding tert-OH is 1. The fourth-order valence-corrected chi connectivity index (χ4v) is 3.70. The highest BCUT2D eigenvalue weighted by Crippen LogP contribution is 2.29. The molecule has 0 spiro atoms. The van der Waals surface area contributed by atoms with Gasteiger partial charge in [0, 0.05) is 49.9 Å². The SMILES string of the molecule is Cc1cc(N/C=C(\C=N)CNC[C@H](NCCO)c2ccc3c(c2C)COC3=O)ncc1C#N. The van der Waals surface area contributed by atoms with Crippen LogP contribution in [-0.4, -0.2) is 48.5 Å². The Bertz CT molecular complexity index is 1110. The van der Waals surface area contributed by atoms with Gasteiger partial charge in [0.2, 0.25) is 0 Å². The second kappa shape index (κ2) is 11.3. The first-order valence-electron chi connectivity index (χ1n) is 10.7. The summed E-state index contributed by atoms with van der Waals surface area (Å²) in [5.74, 6) is 0.303. The van der Waals surface area contributed by atoms with Crippen LogP contribution in [0.1, 0.15) is 44.2 Å². The van der Waals surface area contributed by atoms with Crippen molar-refractivity contribution in [2.24, 2.45) is 0 Å². The molecule has 2 heterocycles. The minimum Gasteiger partial charge on any atom is -0.457 e. The summed E-state index contributed by atoms with van der Waals surface area (Å²) in [7, 11) is 0. The van der Waals surface area contributed by atoms with Crippen LogP contribution in [0.4, 0.5) is 5.82 Å². The second-order valence-corrected chi connectivity index (χ2v) is 7.75. The number of anilines is 1. The number of hydrogen-bond donors (Lipinski definition) is 5. The highest BCUT2D eigenvalue weighted by Gasteiger charge is 2.26. The van der Waals surface area contributed by atoms with Crippen molar-refractivity contribution in [1.82, 2.24) is 15.6 Å². The van der Waals surface area contributed by atoms with Crippen LogP contribution < -0.4 is 16.0 Å². The molecule has 0 saturated carbocycles. The van der Waals surface area contributed by atoms with Crippen LogP contribution in [-0.2, 0) is 11.3 Å². The number of fused-ring (bicyclic) bond motifs is 1. The third kappa shape index (κ3) is 5.81. The van der Waals surface area contributed by atoms with Crippen LogP contribution in [0.3, 0.4) is 0 Å². The summed E-state index contributed by atoms with van der Waals surface area (Å²) in [4.78, 5) is 16.0. The molecular formula is C24H28N6O3. The quantitative estimate of drug-likeness (QED) is 0.260. The molecule has 0 saturated heterocycles. The van der Waals surface area contributed by atoms with Gasteiger partial charge >= 0.3 is 5.97 Å². The van der Waals surface area contributed by atoms with Gasteiger partial charge in [-0.05, 0) is 48.2 Å². The van der Waals surface area contributed by atoms with Crippen molar-refractivity contribution in [1.29, 1.82) is 10.7 Å². The Morgan fingerprint density at radius 1 is 1.42 bits per heavy atom. The average Bonchev–Trinajstić information content (AvgIpc) is 3.20. The Hall–Kier alpha value is -3.58. The molecule has 1 aromatic carbocycles. The number of carbonyl (C=O) groups excluding carboxylic acids is 1. The molecule has 1 aromatic heterocycles. The Morgan fingerprint density at radius 3 is 2.94 bits per heavy atom. The van der Waals surface area contributed by atoms with Crippen molar-refractivity contribution in [2.45, 2.75) is 26.5 Å². The van der Waals surface area contributed by atoms with Crippen molar-refractivity contribution in [2.75, 3.05) is 31.6 Å². The van der Waals surface area contributed by atoms with Crippen molar-refractivity contribution < 1.29 is 14.6 Å². The predicted molar refractivity (Wildman–Crippen MR) is 125 cm³/mol. The molecule has 33 heavy (non-hydrogen) atoms. The molecule has 9 nitrogen and oxygen atoms in total. The molecule has 0 unspecified atom stereocenters. The Balaban J connectivity index is 1.65. The summed E-state index contributed by atoms with van der Waals surface area (Å²) in [6.45, 7) is 5.52. The Labute approximate surface area is 193 Å². The van der Waals surface area contributed by atoms with Crippen LogP contribution >= 0.6 is 0 Å². The average molecular weight is 449 g/mol. The lowest BCUT2D eigenvalue weighted by Gasteiger charge is -2.22. The maximum Gasteiger partial charge on any atom is 0.338 e. The molecule has 0 amide bonds. The third-order valence-electron chi connectivity index (χ3n) is 5.59. The highest BCUT2D eigenvalue weighted by atomic mass is 16.5. The van der Waals surface area contributed by atoms with Crippen LogP contribution in [0.5, 0.6) is 0 Å². The first-order chi connectivity index (χ1) is 16.0. The number of nitrogens with one attached hydrogen (secondary N) is 4. The van der Waals surface area contributed by atoms with Crippen LogP contribution in [0.2, 0.25) is 0 Å². The lowest BCUT2D eigenvalue weighted by Crippen LogP contribution is -2.35. The summed E-state index contributed by atoms with van der Waals surface area (Å²) >= 11 is 0. The number of nitriles is 1. The molecule has 0 aliphatic carbocycles. The van der Waals surface area contributed by atoms with Gasteiger partial charge in [-0.25, -0.2) is 9.78 Å². The van der Waals surface area contributed by atoms with Gasteiger partial charge in [-0.2, -0.15) is 5.26 Å². The molecule has 172 valence electrons. The summed E-state index contributed by atoms with van der Waals surface area (Å²) < 4.78 is 5.16. The number of cyclic esters (lactones) is 1. The predicted octanol–water partition coefficient (Wildman–Crippen LogP) is 2.10. The lowest BCUT2D eigenvalue weighted by atomic mass is 9.94. The monoisotopic (exact) mass is 448 g/mol. The largest absolute Gasteiger partial charge is 0.457 e. The number of nitrogens with zero attached hydrogens (tertiary/aromatic N) is 2. The lowest BCUT2D eigenvalue weighted by molar-refractivity contribution is 0.0535. The smallest absolute Gasteiger partial charge is 0.338 e. The second-order valence-electron chi connectivity index (χ2n) is 7.75. The summed E-state index contributed by atoms with van der Waals surface area (Å²) in [5.41, 5.74) is 5.61. The van der Waals surface area contributed by atoms with E-state index in [-0.39, 0.29) is 25.2 Å². The number of benzene rings is 1. The number of esters is 1. The molecule has 2 aromatic rings. The molecule has 1 atom stereocenters. The van der Waals surface area contributed by atoms with Gasteiger partial charge in [-0.15, -0.1) is 0 Å². The van der Waals surface area contributed by atoms with E-state index in [9.17, 15) is 9.90 Å². The van der Waals surface area contributed by atoms with Crippen LogP contribution in [0.15, 0.2) is 36.2 Å².